The van der Waals surface area contributed by atoms with Crippen molar-refractivity contribution in [1.29, 1.82) is 0 Å². The van der Waals surface area contributed by atoms with Crippen LogP contribution in [0.1, 0.15) is 34.3 Å². The fraction of sp³-hybridized carbons (Fsp3) is 0.350. The third-order valence-electron chi connectivity index (χ3n) is 4.57. The molecule has 1 saturated heterocycles. The molecule has 1 aliphatic rings. The molecule has 0 N–H and O–H groups in total. The molecular formula is C20H23NO5S. The zero-order valence-electron chi connectivity index (χ0n) is 15.5. The van der Waals surface area contributed by atoms with Gasteiger partial charge in [-0.2, -0.15) is 4.31 Å². The van der Waals surface area contributed by atoms with Gasteiger partial charge in [-0.05, 0) is 50.1 Å². The van der Waals surface area contributed by atoms with Crippen molar-refractivity contribution in [3.8, 4) is 5.75 Å². The molecule has 0 atom stereocenters. The molecule has 2 aromatic carbocycles. The van der Waals surface area contributed by atoms with E-state index in [2.05, 4.69) is 0 Å². The molecule has 6 nitrogen and oxygen atoms in total. The van der Waals surface area contributed by atoms with Gasteiger partial charge in [-0.15, -0.1) is 0 Å². The van der Waals surface area contributed by atoms with Gasteiger partial charge in [0.1, 0.15) is 12.4 Å². The third-order valence-corrected chi connectivity index (χ3v) is 6.46. The third kappa shape index (κ3) is 4.31. The van der Waals surface area contributed by atoms with Crippen LogP contribution in [0.15, 0.2) is 47.4 Å². The molecule has 1 aliphatic heterocycles. The number of benzene rings is 2. The van der Waals surface area contributed by atoms with E-state index in [1.807, 2.05) is 25.1 Å². The summed E-state index contributed by atoms with van der Waals surface area (Å²) in [6, 6.07) is 11.6. The number of esters is 1. The first-order valence-corrected chi connectivity index (χ1v) is 10.3. The van der Waals surface area contributed by atoms with Gasteiger partial charge in [0.15, 0.2) is 0 Å². The molecule has 0 spiro atoms. The Kier molecular flexibility index (Phi) is 5.82. The molecule has 144 valence electrons. The highest BCUT2D eigenvalue weighted by Crippen LogP contribution is 2.23. The summed E-state index contributed by atoms with van der Waals surface area (Å²) in [5.74, 6) is 0.0655. The number of methoxy groups -OCH3 is 1. The van der Waals surface area contributed by atoms with Crippen LogP contribution in [0, 0.1) is 6.92 Å². The highest BCUT2D eigenvalue weighted by Gasteiger charge is 2.27. The lowest BCUT2D eigenvalue weighted by Crippen LogP contribution is -2.28. The lowest BCUT2D eigenvalue weighted by Gasteiger charge is -2.16. The Morgan fingerprint density at radius 3 is 2.56 bits per heavy atom. The minimum atomic E-state index is -3.57. The van der Waals surface area contributed by atoms with Crippen LogP contribution >= 0.6 is 0 Å². The number of rotatable bonds is 6. The first kappa shape index (κ1) is 19.4. The van der Waals surface area contributed by atoms with Crippen LogP contribution in [0.2, 0.25) is 0 Å². The van der Waals surface area contributed by atoms with Crippen molar-refractivity contribution in [3.05, 3.63) is 59.2 Å². The van der Waals surface area contributed by atoms with E-state index in [9.17, 15) is 13.2 Å². The Bertz CT molecular complexity index is 933. The maximum absolute atomic E-state index is 12.7. The van der Waals surface area contributed by atoms with Crippen molar-refractivity contribution in [1.82, 2.24) is 4.31 Å². The Morgan fingerprint density at radius 1 is 1.11 bits per heavy atom. The highest BCUT2D eigenvalue weighted by molar-refractivity contribution is 7.89. The van der Waals surface area contributed by atoms with Gasteiger partial charge in [-0.25, -0.2) is 13.2 Å². The average molecular weight is 389 g/mol. The van der Waals surface area contributed by atoms with Crippen molar-refractivity contribution in [3.63, 3.8) is 0 Å². The fourth-order valence-corrected chi connectivity index (χ4v) is 4.67. The second-order valence-corrected chi connectivity index (χ2v) is 8.47. The number of carbonyl (C=O) groups is 1. The maximum atomic E-state index is 12.7. The Labute approximate surface area is 159 Å². The van der Waals surface area contributed by atoms with Crippen LogP contribution in [-0.2, 0) is 21.4 Å². The lowest BCUT2D eigenvalue weighted by molar-refractivity contribution is 0.0470. The molecule has 0 amide bonds. The van der Waals surface area contributed by atoms with E-state index in [1.165, 1.54) is 16.4 Å². The number of nitrogens with zero attached hydrogens (tertiary/aromatic N) is 1. The number of hydrogen-bond donors (Lipinski definition) is 0. The van der Waals surface area contributed by atoms with E-state index >= 15 is 0 Å². The molecule has 0 unspecified atom stereocenters. The summed E-state index contributed by atoms with van der Waals surface area (Å²) >= 11 is 0. The van der Waals surface area contributed by atoms with E-state index in [0.29, 0.717) is 18.8 Å². The number of ether oxygens (including phenoxy) is 2. The van der Waals surface area contributed by atoms with Crippen LogP contribution in [0.25, 0.3) is 0 Å². The van der Waals surface area contributed by atoms with E-state index in [4.69, 9.17) is 9.47 Å². The summed E-state index contributed by atoms with van der Waals surface area (Å²) in [4.78, 5) is 12.5. The van der Waals surface area contributed by atoms with Crippen LogP contribution in [0.5, 0.6) is 5.75 Å². The van der Waals surface area contributed by atoms with Crippen molar-refractivity contribution in [2.75, 3.05) is 20.2 Å². The Morgan fingerprint density at radius 2 is 1.85 bits per heavy atom. The van der Waals surface area contributed by atoms with Gasteiger partial charge in [-0.3, -0.25) is 0 Å². The van der Waals surface area contributed by atoms with Crippen LogP contribution < -0.4 is 4.74 Å². The molecule has 27 heavy (non-hydrogen) atoms. The average Bonchev–Trinajstić information content (AvgIpc) is 3.22. The number of sulfonamides is 1. The summed E-state index contributed by atoms with van der Waals surface area (Å²) in [6.45, 7) is 3.03. The summed E-state index contributed by atoms with van der Waals surface area (Å²) < 4.78 is 37.4. The smallest absolute Gasteiger partial charge is 0.338 e. The van der Waals surface area contributed by atoms with E-state index in [-0.39, 0.29) is 17.1 Å². The van der Waals surface area contributed by atoms with Crippen LogP contribution in [-0.4, -0.2) is 38.9 Å². The molecule has 1 heterocycles. The van der Waals surface area contributed by atoms with Gasteiger partial charge in [0.2, 0.25) is 10.0 Å². The number of aryl methyl sites for hydroxylation is 1. The minimum Gasteiger partial charge on any atom is -0.496 e. The molecule has 0 bridgehead atoms. The molecule has 0 aromatic heterocycles. The molecule has 0 aliphatic carbocycles. The maximum Gasteiger partial charge on any atom is 0.338 e. The first-order valence-electron chi connectivity index (χ1n) is 8.82. The monoisotopic (exact) mass is 389 g/mol. The van der Waals surface area contributed by atoms with Gasteiger partial charge >= 0.3 is 5.97 Å². The Balaban J connectivity index is 1.75. The predicted octanol–water partition coefficient (Wildman–Crippen LogP) is 3.15. The molecule has 0 radical (unpaired) electrons. The summed E-state index contributed by atoms with van der Waals surface area (Å²) in [5.41, 5.74) is 1.99. The van der Waals surface area contributed by atoms with Gasteiger partial charge in [0, 0.05) is 18.7 Å². The predicted molar refractivity (Wildman–Crippen MR) is 101 cm³/mol. The van der Waals surface area contributed by atoms with E-state index < -0.39 is 16.0 Å². The largest absolute Gasteiger partial charge is 0.496 e. The zero-order valence-corrected chi connectivity index (χ0v) is 16.3. The standard InChI is InChI=1S/C20H23NO5S/c1-15-8-9-19(25-2)17(12-15)14-26-20(22)16-6-5-7-18(13-16)27(23,24)21-10-3-4-11-21/h5-9,12-13H,3-4,10-11,14H2,1-2H3. The summed E-state index contributed by atoms with van der Waals surface area (Å²) in [5, 5.41) is 0. The molecule has 7 heteroatoms. The van der Waals surface area contributed by atoms with Crippen LogP contribution in [0.3, 0.4) is 0 Å². The molecular weight excluding hydrogens is 366 g/mol. The normalized spacial score (nSPS) is 14.9. The summed E-state index contributed by atoms with van der Waals surface area (Å²) in [6.07, 6.45) is 1.72. The SMILES string of the molecule is COc1ccc(C)cc1COC(=O)c1cccc(S(=O)(=O)N2CCCC2)c1. The quantitative estimate of drug-likeness (QED) is 0.710. The number of hydrogen-bond acceptors (Lipinski definition) is 5. The van der Waals surface area contributed by atoms with Crippen molar-refractivity contribution in [2.24, 2.45) is 0 Å². The highest BCUT2D eigenvalue weighted by atomic mass is 32.2. The summed E-state index contributed by atoms with van der Waals surface area (Å²) in [7, 11) is -2.01. The van der Waals surface area contributed by atoms with Gasteiger partial charge < -0.3 is 9.47 Å². The minimum absolute atomic E-state index is 0.0484. The second kappa shape index (κ2) is 8.10. The van der Waals surface area contributed by atoms with Crippen molar-refractivity contribution >= 4 is 16.0 Å². The van der Waals surface area contributed by atoms with E-state index in [0.717, 1.165) is 24.0 Å². The van der Waals surface area contributed by atoms with Gasteiger partial charge in [0.25, 0.3) is 0 Å². The fourth-order valence-electron chi connectivity index (χ4n) is 3.11. The van der Waals surface area contributed by atoms with Crippen LogP contribution in [0.4, 0.5) is 0 Å². The number of carbonyl (C=O) groups excluding carboxylic acids is 1. The van der Waals surface area contributed by atoms with Crippen molar-refractivity contribution in [2.45, 2.75) is 31.3 Å². The van der Waals surface area contributed by atoms with E-state index in [1.54, 1.807) is 19.2 Å². The lowest BCUT2D eigenvalue weighted by atomic mass is 10.1. The molecule has 0 saturated carbocycles. The van der Waals surface area contributed by atoms with Gasteiger partial charge in [-0.1, -0.05) is 17.7 Å². The first-order chi connectivity index (χ1) is 12.9. The second-order valence-electron chi connectivity index (χ2n) is 6.53. The molecule has 2 aromatic rings. The van der Waals surface area contributed by atoms with Crippen molar-refractivity contribution < 1.29 is 22.7 Å². The molecule has 1 fully saturated rings. The Hall–Kier alpha value is -2.38. The zero-order chi connectivity index (χ0) is 19.4. The topological polar surface area (TPSA) is 72.9 Å². The van der Waals surface area contributed by atoms with Gasteiger partial charge in [0.05, 0.1) is 17.6 Å². The molecule has 3 rings (SSSR count).